The molecule has 4 heteroatoms. The van der Waals surface area contributed by atoms with E-state index in [1.165, 1.54) is 24.1 Å². The van der Waals surface area contributed by atoms with Gasteiger partial charge in [0.25, 0.3) is 0 Å². The minimum absolute atomic E-state index is 0.717. The normalized spacial score (nSPS) is 14.8. The van der Waals surface area contributed by atoms with Crippen molar-refractivity contribution in [1.29, 1.82) is 0 Å². The molecule has 1 fully saturated rings. The van der Waals surface area contributed by atoms with Crippen LogP contribution >= 0.6 is 11.6 Å². The molecule has 0 radical (unpaired) electrons. The highest BCUT2D eigenvalue weighted by molar-refractivity contribution is 6.30. The summed E-state index contributed by atoms with van der Waals surface area (Å²) in [6.45, 7) is 3.77. The number of nitrogens with one attached hydrogen (secondary N) is 1. The molecule has 0 spiro atoms. The van der Waals surface area contributed by atoms with Crippen molar-refractivity contribution in [2.45, 2.75) is 38.9 Å². The Balaban J connectivity index is 1.76. The second-order valence-corrected chi connectivity index (χ2v) is 5.60. The number of nitrogens with zero attached hydrogens (tertiary/aromatic N) is 2. The van der Waals surface area contributed by atoms with Gasteiger partial charge in [0.05, 0.1) is 5.69 Å². The highest BCUT2D eigenvalue weighted by Gasteiger charge is 2.20. The zero-order valence-electron chi connectivity index (χ0n) is 11.1. The summed E-state index contributed by atoms with van der Waals surface area (Å²) in [4.78, 5) is 4.42. The molecule has 3 rings (SSSR count). The Labute approximate surface area is 118 Å². The van der Waals surface area contributed by atoms with Gasteiger partial charge >= 0.3 is 0 Å². The molecule has 1 aromatic carbocycles. The fraction of sp³-hybridized carbons (Fsp3) is 0.400. The van der Waals surface area contributed by atoms with E-state index in [4.69, 9.17) is 11.6 Å². The van der Waals surface area contributed by atoms with E-state index < -0.39 is 0 Å². The fourth-order valence-corrected chi connectivity index (χ4v) is 2.44. The Morgan fingerprint density at radius 1 is 1.42 bits per heavy atom. The quantitative estimate of drug-likeness (QED) is 0.908. The van der Waals surface area contributed by atoms with Gasteiger partial charge in [0, 0.05) is 30.4 Å². The van der Waals surface area contributed by atoms with E-state index in [-0.39, 0.29) is 0 Å². The molecule has 1 aliphatic rings. The highest BCUT2D eigenvalue weighted by Crippen LogP contribution is 2.20. The first-order valence-corrected chi connectivity index (χ1v) is 7.09. The van der Waals surface area contributed by atoms with Gasteiger partial charge < -0.3 is 9.88 Å². The lowest BCUT2D eigenvalue weighted by Gasteiger charge is -2.11. The smallest absolute Gasteiger partial charge is 0.106 e. The van der Waals surface area contributed by atoms with Gasteiger partial charge in [0.2, 0.25) is 0 Å². The van der Waals surface area contributed by atoms with Crippen LogP contribution in [0.5, 0.6) is 0 Å². The van der Waals surface area contributed by atoms with Crippen molar-refractivity contribution in [3.8, 4) is 0 Å². The second-order valence-electron chi connectivity index (χ2n) is 5.17. The molecular weight excluding hydrogens is 258 g/mol. The number of halogens is 1. The van der Waals surface area contributed by atoms with E-state index in [0.717, 1.165) is 30.0 Å². The molecule has 0 aliphatic heterocycles. The van der Waals surface area contributed by atoms with E-state index in [0.29, 0.717) is 0 Å². The first kappa shape index (κ1) is 12.7. The van der Waals surface area contributed by atoms with Crippen LogP contribution in [-0.4, -0.2) is 15.6 Å². The summed E-state index contributed by atoms with van der Waals surface area (Å²) >= 11 is 6.04. The molecule has 1 aromatic heterocycles. The van der Waals surface area contributed by atoms with Gasteiger partial charge in [-0.15, -0.1) is 0 Å². The maximum Gasteiger partial charge on any atom is 0.106 e. The zero-order chi connectivity index (χ0) is 13.2. The molecule has 2 aromatic rings. The summed E-state index contributed by atoms with van der Waals surface area (Å²) in [5.74, 6) is 1.05. The van der Waals surface area contributed by atoms with Gasteiger partial charge in [-0.05, 0) is 37.5 Å². The fourth-order valence-electron chi connectivity index (χ4n) is 2.23. The molecule has 0 unspecified atom stereocenters. The van der Waals surface area contributed by atoms with E-state index in [1.54, 1.807) is 0 Å². The molecule has 19 heavy (non-hydrogen) atoms. The summed E-state index contributed by atoms with van der Waals surface area (Å²) in [6.07, 6.45) is 4.58. The summed E-state index contributed by atoms with van der Waals surface area (Å²) in [6, 6.07) is 8.73. The Morgan fingerprint density at radius 2 is 2.26 bits per heavy atom. The Morgan fingerprint density at radius 3 is 3.00 bits per heavy atom. The van der Waals surface area contributed by atoms with E-state index in [1.807, 2.05) is 31.3 Å². The number of benzene rings is 1. The van der Waals surface area contributed by atoms with Crippen LogP contribution in [0.2, 0.25) is 5.02 Å². The van der Waals surface area contributed by atoms with Gasteiger partial charge in [0.15, 0.2) is 0 Å². The van der Waals surface area contributed by atoms with Crippen molar-refractivity contribution in [3.05, 3.63) is 52.6 Å². The standard InChI is InChI=1S/C15H18ClN3/c1-11-17-8-15(9-18-14-5-6-14)19(11)10-12-3-2-4-13(16)7-12/h2-4,7-8,14,18H,5-6,9-10H2,1H3. The summed E-state index contributed by atoms with van der Waals surface area (Å²) < 4.78 is 2.25. The van der Waals surface area contributed by atoms with Crippen LogP contribution < -0.4 is 5.32 Å². The van der Waals surface area contributed by atoms with Crippen LogP contribution in [-0.2, 0) is 13.1 Å². The van der Waals surface area contributed by atoms with Crippen LogP contribution in [0.15, 0.2) is 30.5 Å². The largest absolute Gasteiger partial charge is 0.327 e. The minimum atomic E-state index is 0.717. The van der Waals surface area contributed by atoms with Crippen LogP contribution in [0, 0.1) is 6.92 Å². The maximum absolute atomic E-state index is 6.04. The lowest BCUT2D eigenvalue weighted by atomic mass is 10.2. The third-order valence-electron chi connectivity index (χ3n) is 3.52. The molecule has 3 nitrogen and oxygen atoms in total. The van der Waals surface area contributed by atoms with Crippen LogP contribution in [0.25, 0.3) is 0 Å². The van der Waals surface area contributed by atoms with Crippen molar-refractivity contribution < 1.29 is 0 Å². The van der Waals surface area contributed by atoms with Gasteiger partial charge in [0.1, 0.15) is 5.82 Å². The summed E-state index contributed by atoms with van der Waals surface area (Å²) in [7, 11) is 0. The molecule has 1 heterocycles. The third-order valence-corrected chi connectivity index (χ3v) is 3.75. The number of rotatable bonds is 5. The van der Waals surface area contributed by atoms with E-state index >= 15 is 0 Å². The molecule has 1 saturated carbocycles. The number of aromatic nitrogens is 2. The average molecular weight is 276 g/mol. The predicted octanol–water partition coefficient (Wildman–Crippen LogP) is 3.15. The molecule has 0 saturated heterocycles. The van der Waals surface area contributed by atoms with Gasteiger partial charge in [-0.1, -0.05) is 23.7 Å². The van der Waals surface area contributed by atoms with Gasteiger partial charge in [-0.3, -0.25) is 0 Å². The van der Waals surface area contributed by atoms with Crippen molar-refractivity contribution in [2.75, 3.05) is 0 Å². The molecular formula is C15H18ClN3. The Hall–Kier alpha value is -1.32. The molecule has 0 atom stereocenters. The molecule has 1 N–H and O–H groups in total. The lowest BCUT2D eigenvalue weighted by Crippen LogP contribution is -2.18. The number of aryl methyl sites for hydroxylation is 1. The minimum Gasteiger partial charge on any atom is -0.327 e. The first-order chi connectivity index (χ1) is 9.22. The van der Waals surface area contributed by atoms with Crippen molar-refractivity contribution in [3.63, 3.8) is 0 Å². The summed E-state index contributed by atoms with van der Waals surface area (Å²) in [5.41, 5.74) is 2.45. The van der Waals surface area contributed by atoms with Gasteiger partial charge in [-0.25, -0.2) is 4.98 Å². The lowest BCUT2D eigenvalue weighted by molar-refractivity contribution is 0.627. The highest BCUT2D eigenvalue weighted by atomic mass is 35.5. The van der Waals surface area contributed by atoms with Crippen molar-refractivity contribution in [2.24, 2.45) is 0 Å². The van der Waals surface area contributed by atoms with Crippen LogP contribution in [0.3, 0.4) is 0 Å². The van der Waals surface area contributed by atoms with Gasteiger partial charge in [-0.2, -0.15) is 0 Å². The van der Waals surface area contributed by atoms with Crippen molar-refractivity contribution >= 4 is 11.6 Å². The second kappa shape index (κ2) is 5.35. The monoisotopic (exact) mass is 275 g/mol. The molecule has 0 bridgehead atoms. The topological polar surface area (TPSA) is 29.9 Å². The number of hydrogen-bond acceptors (Lipinski definition) is 2. The van der Waals surface area contributed by atoms with Crippen molar-refractivity contribution in [1.82, 2.24) is 14.9 Å². The average Bonchev–Trinajstić information content (AvgIpc) is 3.15. The number of hydrogen-bond donors (Lipinski definition) is 1. The summed E-state index contributed by atoms with van der Waals surface area (Å²) in [5, 5.41) is 4.32. The Kier molecular flexibility index (Phi) is 3.58. The predicted molar refractivity (Wildman–Crippen MR) is 77.4 cm³/mol. The molecule has 100 valence electrons. The first-order valence-electron chi connectivity index (χ1n) is 6.71. The third kappa shape index (κ3) is 3.17. The maximum atomic E-state index is 6.04. The van der Waals surface area contributed by atoms with Crippen LogP contribution in [0.1, 0.15) is 29.9 Å². The van der Waals surface area contributed by atoms with E-state index in [9.17, 15) is 0 Å². The number of imidazole rings is 1. The zero-order valence-corrected chi connectivity index (χ0v) is 11.8. The van der Waals surface area contributed by atoms with Crippen LogP contribution in [0.4, 0.5) is 0 Å². The molecule has 1 aliphatic carbocycles. The SMILES string of the molecule is Cc1ncc(CNC2CC2)n1Cc1cccc(Cl)c1. The van der Waals surface area contributed by atoms with E-state index in [2.05, 4.69) is 20.9 Å². The Bertz CT molecular complexity index is 573. The molecule has 0 amide bonds.